The van der Waals surface area contributed by atoms with Gasteiger partial charge < -0.3 is 14.8 Å². The van der Waals surface area contributed by atoms with Crippen molar-refractivity contribution in [2.24, 2.45) is 0 Å². The van der Waals surface area contributed by atoms with Crippen molar-refractivity contribution in [1.29, 1.82) is 0 Å². The van der Waals surface area contributed by atoms with E-state index in [1.807, 2.05) is 37.4 Å². The van der Waals surface area contributed by atoms with Gasteiger partial charge in [-0.15, -0.1) is 0 Å². The first kappa shape index (κ1) is 13.3. The van der Waals surface area contributed by atoms with Gasteiger partial charge in [-0.1, -0.05) is 29.8 Å². The second kappa shape index (κ2) is 5.73. The van der Waals surface area contributed by atoms with Crippen LogP contribution in [0.25, 0.3) is 11.1 Å². The molecule has 0 fully saturated rings. The van der Waals surface area contributed by atoms with E-state index in [0.717, 1.165) is 39.8 Å². The molecule has 1 aliphatic heterocycles. The molecule has 104 valence electrons. The van der Waals surface area contributed by atoms with Crippen molar-refractivity contribution in [2.45, 2.75) is 6.54 Å². The predicted molar refractivity (Wildman–Crippen MR) is 80.6 cm³/mol. The average molecular weight is 290 g/mol. The topological polar surface area (TPSA) is 30.5 Å². The Morgan fingerprint density at radius 1 is 1.00 bits per heavy atom. The Labute approximate surface area is 123 Å². The molecule has 0 unspecified atom stereocenters. The quantitative estimate of drug-likeness (QED) is 0.938. The van der Waals surface area contributed by atoms with Gasteiger partial charge in [0, 0.05) is 11.6 Å². The molecule has 1 aliphatic rings. The Hall–Kier alpha value is -1.71. The van der Waals surface area contributed by atoms with Crippen LogP contribution in [0.4, 0.5) is 0 Å². The number of halogens is 1. The van der Waals surface area contributed by atoms with Crippen LogP contribution in [0, 0.1) is 0 Å². The van der Waals surface area contributed by atoms with Crippen molar-refractivity contribution in [3.05, 3.63) is 47.0 Å². The number of fused-ring (bicyclic) bond motifs is 1. The maximum absolute atomic E-state index is 6.31. The standard InChI is InChI=1S/C16H16ClNO2/c1-18-10-13-3-2-11(8-14(13)17)12-4-5-15-16(9-12)20-7-6-19-15/h2-5,8-9,18H,6-7,10H2,1H3. The van der Waals surface area contributed by atoms with Gasteiger partial charge in [-0.05, 0) is 41.9 Å². The number of ether oxygens (including phenoxy) is 2. The van der Waals surface area contributed by atoms with E-state index in [1.54, 1.807) is 0 Å². The van der Waals surface area contributed by atoms with Crippen molar-refractivity contribution in [3.63, 3.8) is 0 Å². The second-order valence-corrected chi connectivity index (χ2v) is 5.10. The van der Waals surface area contributed by atoms with Crippen molar-refractivity contribution in [1.82, 2.24) is 5.32 Å². The van der Waals surface area contributed by atoms with Gasteiger partial charge in [0.25, 0.3) is 0 Å². The summed E-state index contributed by atoms with van der Waals surface area (Å²) in [7, 11) is 1.91. The van der Waals surface area contributed by atoms with Crippen LogP contribution in [0.5, 0.6) is 11.5 Å². The minimum Gasteiger partial charge on any atom is -0.486 e. The number of rotatable bonds is 3. The van der Waals surface area contributed by atoms with E-state index in [0.29, 0.717) is 13.2 Å². The monoisotopic (exact) mass is 289 g/mol. The molecule has 0 amide bonds. The van der Waals surface area contributed by atoms with Crippen LogP contribution < -0.4 is 14.8 Å². The SMILES string of the molecule is CNCc1ccc(-c2ccc3c(c2)OCCO3)cc1Cl. The molecule has 0 spiro atoms. The summed E-state index contributed by atoms with van der Waals surface area (Å²) < 4.78 is 11.1. The fourth-order valence-electron chi connectivity index (χ4n) is 2.28. The molecule has 4 heteroatoms. The fraction of sp³-hybridized carbons (Fsp3) is 0.250. The average Bonchev–Trinajstić information content (AvgIpc) is 2.49. The Balaban J connectivity index is 1.94. The highest BCUT2D eigenvalue weighted by Crippen LogP contribution is 2.35. The Morgan fingerprint density at radius 3 is 2.45 bits per heavy atom. The highest BCUT2D eigenvalue weighted by atomic mass is 35.5. The first-order valence-electron chi connectivity index (χ1n) is 6.61. The van der Waals surface area contributed by atoms with Crippen LogP contribution in [0.3, 0.4) is 0 Å². The van der Waals surface area contributed by atoms with E-state index in [1.165, 1.54) is 0 Å². The van der Waals surface area contributed by atoms with Gasteiger partial charge >= 0.3 is 0 Å². The number of nitrogens with one attached hydrogen (secondary N) is 1. The lowest BCUT2D eigenvalue weighted by atomic mass is 10.0. The normalized spacial score (nSPS) is 13.3. The van der Waals surface area contributed by atoms with Crippen LogP contribution in [-0.4, -0.2) is 20.3 Å². The third-order valence-electron chi connectivity index (χ3n) is 3.30. The van der Waals surface area contributed by atoms with Gasteiger partial charge in [-0.3, -0.25) is 0 Å². The maximum atomic E-state index is 6.31. The Morgan fingerprint density at radius 2 is 1.70 bits per heavy atom. The molecule has 2 aromatic carbocycles. The summed E-state index contributed by atoms with van der Waals surface area (Å²) in [5.41, 5.74) is 3.24. The highest BCUT2D eigenvalue weighted by Gasteiger charge is 2.12. The van der Waals surface area contributed by atoms with Crippen LogP contribution in [-0.2, 0) is 6.54 Å². The molecule has 0 saturated carbocycles. The van der Waals surface area contributed by atoms with Gasteiger partial charge in [0.15, 0.2) is 11.5 Å². The van der Waals surface area contributed by atoms with Crippen molar-refractivity contribution >= 4 is 11.6 Å². The van der Waals surface area contributed by atoms with Crippen LogP contribution in [0.2, 0.25) is 5.02 Å². The molecule has 3 rings (SSSR count). The van der Waals surface area contributed by atoms with Crippen LogP contribution in [0.15, 0.2) is 36.4 Å². The molecule has 20 heavy (non-hydrogen) atoms. The zero-order chi connectivity index (χ0) is 13.9. The Bertz CT molecular complexity index is 628. The Kier molecular flexibility index (Phi) is 3.81. The third kappa shape index (κ3) is 2.60. The molecule has 0 aromatic heterocycles. The van der Waals surface area contributed by atoms with E-state index in [4.69, 9.17) is 21.1 Å². The molecule has 0 atom stereocenters. The summed E-state index contributed by atoms with van der Waals surface area (Å²) in [5.74, 6) is 1.60. The van der Waals surface area contributed by atoms with Gasteiger partial charge in [0.05, 0.1) is 0 Å². The van der Waals surface area contributed by atoms with E-state index in [9.17, 15) is 0 Å². The summed E-state index contributed by atoms with van der Waals surface area (Å²) in [6, 6.07) is 12.1. The molecular formula is C16H16ClNO2. The molecule has 1 N–H and O–H groups in total. The molecule has 2 aromatic rings. The molecule has 0 bridgehead atoms. The summed E-state index contributed by atoms with van der Waals surface area (Å²) in [4.78, 5) is 0. The molecule has 1 heterocycles. The zero-order valence-electron chi connectivity index (χ0n) is 11.3. The van der Waals surface area contributed by atoms with Crippen molar-refractivity contribution < 1.29 is 9.47 Å². The van der Waals surface area contributed by atoms with E-state index in [-0.39, 0.29) is 0 Å². The molecule has 0 aliphatic carbocycles. The number of benzene rings is 2. The summed E-state index contributed by atoms with van der Waals surface area (Å²) >= 11 is 6.31. The van der Waals surface area contributed by atoms with Gasteiger partial charge in [-0.2, -0.15) is 0 Å². The number of hydrogen-bond acceptors (Lipinski definition) is 3. The highest BCUT2D eigenvalue weighted by molar-refractivity contribution is 6.31. The van der Waals surface area contributed by atoms with E-state index >= 15 is 0 Å². The molecule has 3 nitrogen and oxygen atoms in total. The maximum Gasteiger partial charge on any atom is 0.161 e. The molecule has 0 saturated heterocycles. The van der Waals surface area contributed by atoms with Crippen molar-refractivity contribution in [2.75, 3.05) is 20.3 Å². The first-order valence-corrected chi connectivity index (χ1v) is 6.99. The molecular weight excluding hydrogens is 274 g/mol. The van der Waals surface area contributed by atoms with E-state index in [2.05, 4.69) is 11.4 Å². The fourth-order valence-corrected chi connectivity index (χ4v) is 2.53. The van der Waals surface area contributed by atoms with E-state index < -0.39 is 0 Å². The van der Waals surface area contributed by atoms with Crippen molar-refractivity contribution in [3.8, 4) is 22.6 Å². The predicted octanol–water partition coefficient (Wildman–Crippen LogP) is 3.50. The number of hydrogen-bond donors (Lipinski definition) is 1. The summed E-state index contributed by atoms with van der Waals surface area (Å²) in [6.45, 7) is 1.97. The smallest absolute Gasteiger partial charge is 0.161 e. The van der Waals surface area contributed by atoms with Crippen LogP contribution >= 0.6 is 11.6 Å². The van der Waals surface area contributed by atoms with Gasteiger partial charge in [0.2, 0.25) is 0 Å². The molecule has 0 radical (unpaired) electrons. The lowest BCUT2D eigenvalue weighted by Crippen LogP contribution is -2.15. The summed E-state index contributed by atoms with van der Waals surface area (Å²) in [5, 5.41) is 3.87. The van der Waals surface area contributed by atoms with Gasteiger partial charge in [0.1, 0.15) is 13.2 Å². The van der Waals surface area contributed by atoms with Crippen LogP contribution in [0.1, 0.15) is 5.56 Å². The summed E-state index contributed by atoms with van der Waals surface area (Å²) in [6.07, 6.45) is 0. The minimum absolute atomic E-state index is 0.596. The first-order chi connectivity index (χ1) is 9.78. The van der Waals surface area contributed by atoms with Gasteiger partial charge in [-0.25, -0.2) is 0 Å². The second-order valence-electron chi connectivity index (χ2n) is 4.69. The third-order valence-corrected chi connectivity index (χ3v) is 3.65. The zero-order valence-corrected chi connectivity index (χ0v) is 12.0. The lowest BCUT2D eigenvalue weighted by molar-refractivity contribution is 0.171. The lowest BCUT2D eigenvalue weighted by Gasteiger charge is -2.19. The largest absolute Gasteiger partial charge is 0.486 e. The minimum atomic E-state index is 0.596.